The summed E-state index contributed by atoms with van der Waals surface area (Å²) in [5, 5.41) is 4.74. The molecule has 55 heavy (non-hydrogen) atoms. The maximum absolute atomic E-state index is 14.5. The van der Waals surface area contributed by atoms with Gasteiger partial charge in [-0.1, -0.05) is 135 Å². The second kappa shape index (κ2) is 13.1. The molecule has 1 saturated carbocycles. The summed E-state index contributed by atoms with van der Waals surface area (Å²) in [4.78, 5) is 0. The van der Waals surface area contributed by atoms with Crippen LogP contribution in [0.25, 0.3) is 55.0 Å². The number of rotatable bonds is 6. The minimum Gasteiger partial charge on any atom is -0.309 e. The molecule has 1 fully saturated rings. The Bertz CT molecular complexity index is 2570. The summed E-state index contributed by atoms with van der Waals surface area (Å²) in [6.07, 6.45) is 0.622. The molecule has 1 aliphatic carbocycles. The number of para-hydroxylation sites is 4. The van der Waals surface area contributed by atoms with E-state index in [0.717, 1.165) is 76.7 Å². The number of hydrogen-bond donors (Lipinski definition) is 0. The van der Waals surface area contributed by atoms with Gasteiger partial charge < -0.3 is 9.13 Å². The first kappa shape index (κ1) is 33.5. The van der Waals surface area contributed by atoms with Crippen molar-refractivity contribution in [2.24, 2.45) is 5.92 Å². The van der Waals surface area contributed by atoms with Gasteiger partial charge in [-0.3, -0.25) is 0 Å². The van der Waals surface area contributed by atoms with E-state index >= 15 is 0 Å². The van der Waals surface area contributed by atoms with Crippen LogP contribution in [-0.2, 0) is 11.6 Å². The summed E-state index contributed by atoms with van der Waals surface area (Å²) in [6.45, 7) is 0. The molecule has 0 atom stereocenters. The van der Waals surface area contributed by atoms with Gasteiger partial charge in [-0.2, -0.15) is 13.2 Å². The number of benzene rings is 7. The van der Waals surface area contributed by atoms with E-state index in [1.165, 1.54) is 33.7 Å². The fraction of sp³-hybridized carbons (Fsp3) is 0.160. The van der Waals surface area contributed by atoms with Crippen molar-refractivity contribution in [2.45, 2.75) is 43.7 Å². The van der Waals surface area contributed by atoms with Crippen molar-refractivity contribution >= 4 is 43.6 Å². The molecule has 2 aromatic heterocycles. The highest BCUT2D eigenvalue weighted by Crippen LogP contribution is 2.52. The summed E-state index contributed by atoms with van der Waals surface area (Å²) < 4.78 is 48.2. The SMILES string of the molecule is FC(F)(F)c1cccc(C(c2ccc(-n3c4ccccc4c4ccccc43)cc2)(c2ccc(-n3c4ccccc4c4ccccc43)cc2)C2CCCCC2)c1. The zero-order valence-corrected chi connectivity index (χ0v) is 30.3. The molecule has 7 aromatic carbocycles. The number of halogens is 3. The highest BCUT2D eigenvalue weighted by molar-refractivity contribution is 6.10. The Balaban J connectivity index is 1.20. The minimum atomic E-state index is -4.46. The Morgan fingerprint density at radius 3 is 1.16 bits per heavy atom. The summed E-state index contributed by atoms with van der Waals surface area (Å²) in [5.41, 5.74) is 7.77. The van der Waals surface area contributed by atoms with E-state index in [1.54, 1.807) is 6.07 Å². The normalized spacial score (nSPS) is 14.4. The average Bonchev–Trinajstić information content (AvgIpc) is 3.75. The molecule has 1 aliphatic rings. The lowest BCUT2D eigenvalue weighted by molar-refractivity contribution is -0.137. The number of fused-ring (bicyclic) bond motifs is 6. The van der Waals surface area contributed by atoms with Crippen molar-refractivity contribution in [3.63, 3.8) is 0 Å². The standard InChI is InChI=1S/C50H39F3N2/c51-50(52,53)38-16-12-15-37(33-38)49(34-13-2-1-3-14-34,35-25-29-39(30-26-35)54-45-21-8-4-17-41(45)42-18-5-9-22-46(42)54)36-27-31-40(32-28-36)55-47-23-10-6-19-43(47)44-20-7-11-24-48(44)55/h4-12,15-34H,1-3,13-14H2. The lowest BCUT2D eigenvalue weighted by Crippen LogP contribution is -2.39. The van der Waals surface area contributed by atoms with E-state index in [2.05, 4.69) is 155 Å². The average molecular weight is 725 g/mol. The molecule has 9 aromatic rings. The third-order valence-corrected chi connectivity index (χ3v) is 12.2. The number of nitrogens with zero attached hydrogens (tertiary/aromatic N) is 2. The van der Waals surface area contributed by atoms with E-state index in [4.69, 9.17) is 0 Å². The van der Waals surface area contributed by atoms with Crippen molar-refractivity contribution in [1.29, 1.82) is 0 Å². The summed E-state index contributed by atoms with van der Waals surface area (Å²) in [5.74, 6) is 0.0999. The van der Waals surface area contributed by atoms with Crippen molar-refractivity contribution in [3.05, 3.63) is 192 Å². The molecule has 0 amide bonds. The first-order valence-electron chi connectivity index (χ1n) is 19.3. The topological polar surface area (TPSA) is 9.86 Å². The van der Waals surface area contributed by atoms with Crippen LogP contribution in [0.3, 0.4) is 0 Å². The van der Waals surface area contributed by atoms with Gasteiger partial charge in [0.15, 0.2) is 0 Å². The van der Waals surface area contributed by atoms with Crippen LogP contribution in [0.5, 0.6) is 0 Å². The van der Waals surface area contributed by atoms with E-state index in [0.29, 0.717) is 5.56 Å². The summed E-state index contributed by atoms with van der Waals surface area (Å²) >= 11 is 0. The van der Waals surface area contributed by atoms with Gasteiger partial charge in [0.05, 0.1) is 27.6 Å². The molecule has 0 radical (unpaired) electrons. The van der Waals surface area contributed by atoms with Gasteiger partial charge in [-0.15, -0.1) is 0 Å². The zero-order chi connectivity index (χ0) is 37.1. The van der Waals surface area contributed by atoms with Crippen LogP contribution < -0.4 is 0 Å². The molecule has 0 N–H and O–H groups in total. The predicted octanol–water partition coefficient (Wildman–Crippen LogP) is 13.8. The van der Waals surface area contributed by atoms with Crippen LogP contribution in [0.1, 0.15) is 54.4 Å². The summed E-state index contributed by atoms with van der Waals surface area (Å²) in [6, 6.07) is 57.3. The van der Waals surface area contributed by atoms with Gasteiger partial charge >= 0.3 is 6.18 Å². The molecular formula is C50H39F3N2. The van der Waals surface area contributed by atoms with Crippen LogP contribution in [0.4, 0.5) is 13.2 Å². The second-order valence-electron chi connectivity index (χ2n) is 15.1. The van der Waals surface area contributed by atoms with Crippen molar-refractivity contribution in [3.8, 4) is 11.4 Å². The van der Waals surface area contributed by atoms with Crippen LogP contribution in [0.15, 0.2) is 170 Å². The van der Waals surface area contributed by atoms with E-state index < -0.39 is 17.2 Å². The number of hydrogen-bond acceptors (Lipinski definition) is 0. The number of alkyl halides is 3. The Labute approximate surface area is 318 Å². The third-order valence-electron chi connectivity index (χ3n) is 12.2. The van der Waals surface area contributed by atoms with Gasteiger partial charge in [-0.25, -0.2) is 0 Å². The molecule has 0 saturated heterocycles. The van der Waals surface area contributed by atoms with Crippen LogP contribution in [0.2, 0.25) is 0 Å². The summed E-state index contributed by atoms with van der Waals surface area (Å²) in [7, 11) is 0. The first-order valence-corrected chi connectivity index (χ1v) is 19.3. The fourth-order valence-corrected chi connectivity index (χ4v) is 9.83. The molecule has 0 aliphatic heterocycles. The van der Waals surface area contributed by atoms with Gasteiger partial charge in [0, 0.05) is 38.3 Å². The lowest BCUT2D eigenvalue weighted by atomic mass is 9.58. The maximum Gasteiger partial charge on any atom is 0.416 e. The first-order chi connectivity index (χ1) is 26.9. The Morgan fingerprint density at radius 2 is 0.764 bits per heavy atom. The molecule has 2 nitrogen and oxygen atoms in total. The van der Waals surface area contributed by atoms with Gasteiger partial charge in [-0.05, 0) is 90.0 Å². The van der Waals surface area contributed by atoms with Gasteiger partial charge in [0.25, 0.3) is 0 Å². The molecule has 0 unspecified atom stereocenters. The molecule has 5 heteroatoms. The Kier molecular flexibility index (Phi) is 7.95. The molecule has 270 valence electrons. The van der Waals surface area contributed by atoms with Crippen LogP contribution in [0, 0.1) is 5.92 Å². The maximum atomic E-state index is 14.5. The van der Waals surface area contributed by atoms with Crippen molar-refractivity contribution in [1.82, 2.24) is 9.13 Å². The van der Waals surface area contributed by atoms with Crippen molar-refractivity contribution < 1.29 is 13.2 Å². The molecule has 2 heterocycles. The smallest absolute Gasteiger partial charge is 0.309 e. The van der Waals surface area contributed by atoms with Crippen LogP contribution in [-0.4, -0.2) is 9.13 Å². The Morgan fingerprint density at radius 1 is 0.382 bits per heavy atom. The highest BCUT2D eigenvalue weighted by Gasteiger charge is 2.45. The highest BCUT2D eigenvalue weighted by atomic mass is 19.4. The lowest BCUT2D eigenvalue weighted by Gasteiger charge is -2.45. The molecule has 0 spiro atoms. The third kappa shape index (κ3) is 5.31. The zero-order valence-electron chi connectivity index (χ0n) is 30.3. The van der Waals surface area contributed by atoms with Crippen LogP contribution >= 0.6 is 0 Å². The predicted molar refractivity (Wildman–Crippen MR) is 219 cm³/mol. The van der Waals surface area contributed by atoms with E-state index in [1.807, 2.05) is 6.07 Å². The number of aromatic nitrogens is 2. The monoisotopic (exact) mass is 724 g/mol. The quantitative estimate of drug-likeness (QED) is 0.151. The van der Waals surface area contributed by atoms with E-state index in [9.17, 15) is 13.2 Å². The Hall–Kier alpha value is -6.07. The molecule has 10 rings (SSSR count). The van der Waals surface area contributed by atoms with Gasteiger partial charge in [0.2, 0.25) is 0 Å². The molecular weight excluding hydrogens is 686 g/mol. The fourth-order valence-electron chi connectivity index (χ4n) is 9.83. The second-order valence-corrected chi connectivity index (χ2v) is 15.1. The molecule has 0 bridgehead atoms. The van der Waals surface area contributed by atoms with Gasteiger partial charge in [0.1, 0.15) is 0 Å². The largest absolute Gasteiger partial charge is 0.416 e. The van der Waals surface area contributed by atoms with Crippen molar-refractivity contribution in [2.75, 3.05) is 0 Å². The minimum absolute atomic E-state index is 0.0999. The van der Waals surface area contributed by atoms with E-state index in [-0.39, 0.29) is 5.92 Å².